The molecule has 0 saturated carbocycles. The molecule has 0 bridgehead atoms. The molecule has 6 nitrogen and oxygen atoms in total. The first kappa shape index (κ1) is 18.1. The van der Waals surface area contributed by atoms with Gasteiger partial charge in [-0.05, 0) is 35.9 Å². The van der Waals surface area contributed by atoms with E-state index in [0.29, 0.717) is 29.4 Å². The van der Waals surface area contributed by atoms with E-state index in [1.807, 2.05) is 24.3 Å². The predicted molar refractivity (Wildman–Crippen MR) is 96.7 cm³/mol. The maximum Gasteiger partial charge on any atom is 0.271 e. The van der Waals surface area contributed by atoms with E-state index in [0.717, 1.165) is 5.56 Å². The number of ether oxygens (including phenoxy) is 3. The lowest BCUT2D eigenvalue weighted by molar-refractivity contribution is 0.0954. The van der Waals surface area contributed by atoms with Gasteiger partial charge in [0.15, 0.2) is 11.5 Å². The Labute approximate surface area is 146 Å². The molecule has 0 atom stereocenters. The summed E-state index contributed by atoms with van der Waals surface area (Å²) in [6, 6.07) is 12.2. The molecule has 0 aromatic heterocycles. The van der Waals surface area contributed by atoms with Gasteiger partial charge in [-0.2, -0.15) is 5.10 Å². The summed E-state index contributed by atoms with van der Waals surface area (Å²) in [5.74, 6) is 1.39. The molecule has 2 aromatic carbocycles. The summed E-state index contributed by atoms with van der Waals surface area (Å²) in [6.07, 6.45) is 3.21. The average Bonchev–Trinajstić information content (AvgIpc) is 2.66. The zero-order valence-corrected chi connectivity index (χ0v) is 14.2. The average molecular weight is 340 g/mol. The fraction of sp³-hybridized carbons (Fsp3) is 0.158. The summed E-state index contributed by atoms with van der Waals surface area (Å²) in [5.41, 5.74) is 3.69. The van der Waals surface area contributed by atoms with Crippen LogP contribution in [0.25, 0.3) is 0 Å². The number of hydrogen-bond acceptors (Lipinski definition) is 5. The van der Waals surface area contributed by atoms with Crippen molar-refractivity contribution in [1.82, 2.24) is 5.43 Å². The molecular formula is C19H20N2O4. The third-order valence-electron chi connectivity index (χ3n) is 3.25. The van der Waals surface area contributed by atoms with E-state index in [4.69, 9.17) is 14.2 Å². The highest BCUT2D eigenvalue weighted by atomic mass is 16.5. The van der Waals surface area contributed by atoms with E-state index in [2.05, 4.69) is 17.1 Å². The Balaban J connectivity index is 2.02. The number of carbonyl (C=O) groups excluding carboxylic acids is 1. The number of hydrogen-bond donors (Lipinski definition) is 1. The monoisotopic (exact) mass is 340 g/mol. The van der Waals surface area contributed by atoms with Gasteiger partial charge in [0.2, 0.25) is 0 Å². The minimum absolute atomic E-state index is 0.351. The second-order valence-electron chi connectivity index (χ2n) is 4.94. The quantitative estimate of drug-likeness (QED) is 0.456. The van der Waals surface area contributed by atoms with Gasteiger partial charge in [-0.25, -0.2) is 5.43 Å². The van der Waals surface area contributed by atoms with Crippen molar-refractivity contribution in [1.29, 1.82) is 0 Å². The minimum Gasteiger partial charge on any atom is -0.493 e. The molecule has 0 aliphatic carbocycles. The van der Waals surface area contributed by atoms with Crippen LogP contribution in [0.1, 0.15) is 15.9 Å². The Morgan fingerprint density at radius 2 is 1.96 bits per heavy atom. The fourth-order valence-corrected chi connectivity index (χ4v) is 2.05. The van der Waals surface area contributed by atoms with E-state index in [1.165, 1.54) is 14.2 Å². The lowest BCUT2D eigenvalue weighted by Crippen LogP contribution is -2.17. The van der Waals surface area contributed by atoms with Crippen molar-refractivity contribution < 1.29 is 19.0 Å². The Bertz CT molecular complexity index is 772. The van der Waals surface area contributed by atoms with Crippen molar-refractivity contribution in [3.8, 4) is 17.2 Å². The van der Waals surface area contributed by atoms with Crippen LogP contribution < -0.4 is 19.6 Å². The third kappa shape index (κ3) is 5.10. The van der Waals surface area contributed by atoms with E-state index in [-0.39, 0.29) is 5.91 Å². The van der Waals surface area contributed by atoms with Gasteiger partial charge in [-0.1, -0.05) is 24.8 Å². The van der Waals surface area contributed by atoms with Gasteiger partial charge in [-0.15, -0.1) is 0 Å². The molecule has 0 radical (unpaired) electrons. The van der Waals surface area contributed by atoms with Crippen LogP contribution in [0.2, 0.25) is 0 Å². The second kappa shape index (κ2) is 9.12. The summed E-state index contributed by atoms with van der Waals surface area (Å²) < 4.78 is 15.8. The predicted octanol–water partition coefficient (Wildman–Crippen LogP) is 3.03. The largest absolute Gasteiger partial charge is 0.493 e. The van der Waals surface area contributed by atoms with Crippen LogP contribution >= 0.6 is 0 Å². The highest BCUT2D eigenvalue weighted by Crippen LogP contribution is 2.27. The maximum absolute atomic E-state index is 12.2. The van der Waals surface area contributed by atoms with Crippen molar-refractivity contribution in [3.63, 3.8) is 0 Å². The summed E-state index contributed by atoms with van der Waals surface area (Å²) in [4.78, 5) is 12.2. The van der Waals surface area contributed by atoms with Crippen LogP contribution in [0.3, 0.4) is 0 Å². The Morgan fingerprint density at radius 1 is 1.16 bits per heavy atom. The Morgan fingerprint density at radius 3 is 2.68 bits per heavy atom. The van der Waals surface area contributed by atoms with Crippen LogP contribution in [-0.4, -0.2) is 32.9 Å². The van der Waals surface area contributed by atoms with Crippen LogP contribution in [0.4, 0.5) is 0 Å². The van der Waals surface area contributed by atoms with Crippen LogP contribution in [0, 0.1) is 0 Å². The molecule has 0 aliphatic heterocycles. The van der Waals surface area contributed by atoms with Crippen LogP contribution in [0.5, 0.6) is 17.2 Å². The third-order valence-corrected chi connectivity index (χ3v) is 3.25. The summed E-state index contributed by atoms with van der Waals surface area (Å²) >= 11 is 0. The zero-order valence-electron chi connectivity index (χ0n) is 14.2. The van der Waals surface area contributed by atoms with Crippen molar-refractivity contribution in [3.05, 3.63) is 66.2 Å². The molecule has 1 N–H and O–H groups in total. The number of hydrazone groups is 1. The molecule has 0 unspecified atom stereocenters. The maximum atomic E-state index is 12.2. The topological polar surface area (TPSA) is 69.2 Å². The SMILES string of the molecule is C=CCOc1cccc(/C=N\NC(=O)c2ccc(OC)c(OC)c2)c1. The number of nitrogens with one attached hydrogen (secondary N) is 1. The van der Waals surface area contributed by atoms with Gasteiger partial charge >= 0.3 is 0 Å². The molecule has 25 heavy (non-hydrogen) atoms. The number of carbonyl (C=O) groups is 1. The van der Waals surface area contributed by atoms with E-state index < -0.39 is 0 Å². The Hall–Kier alpha value is -3.28. The van der Waals surface area contributed by atoms with Crippen molar-refractivity contribution in [2.45, 2.75) is 0 Å². The number of nitrogens with zero attached hydrogens (tertiary/aromatic N) is 1. The molecule has 0 fully saturated rings. The lowest BCUT2D eigenvalue weighted by atomic mass is 10.2. The zero-order chi connectivity index (χ0) is 18.1. The smallest absolute Gasteiger partial charge is 0.271 e. The van der Waals surface area contributed by atoms with Crippen molar-refractivity contribution >= 4 is 12.1 Å². The van der Waals surface area contributed by atoms with Crippen molar-refractivity contribution in [2.75, 3.05) is 20.8 Å². The van der Waals surface area contributed by atoms with Gasteiger partial charge in [-0.3, -0.25) is 4.79 Å². The first-order valence-electron chi connectivity index (χ1n) is 7.57. The highest BCUT2D eigenvalue weighted by Gasteiger charge is 2.09. The van der Waals surface area contributed by atoms with E-state index in [1.54, 1.807) is 30.5 Å². The van der Waals surface area contributed by atoms with Gasteiger partial charge < -0.3 is 14.2 Å². The molecule has 0 aliphatic rings. The number of benzene rings is 2. The molecule has 0 heterocycles. The van der Waals surface area contributed by atoms with Gasteiger partial charge in [0.1, 0.15) is 12.4 Å². The molecule has 130 valence electrons. The molecule has 6 heteroatoms. The van der Waals surface area contributed by atoms with Crippen LogP contribution in [-0.2, 0) is 0 Å². The fourth-order valence-electron chi connectivity index (χ4n) is 2.05. The summed E-state index contributed by atoms with van der Waals surface area (Å²) in [6.45, 7) is 4.03. The second-order valence-corrected chi connectivity index (χ2v) is 4.94. The van der Waals surface area contributed by atoms with E-state index in [9.17, 15) is 4.79 Å². The molecule has 2 rings (SSSR count). The van der Waals surface area contributed by atoms with Crippen LogP contribution in [0.15, 0.2) is 60.2 Å². The van der Waals surface area contributed by atoms with Crippen molar-refractivity contribution in [2.24, 2.45) is 5.10 Å². The standard InChI is InChI=1S/C19H20N2O4/c1-4-10-25-16-7-5-6-14(11-16)13-20-21-19(22)15-8-9-17(23-2)18(12-15)24-3/h4-9,11-13H,1,10H2,2-3H3,(H,21,22)/b20-13-. The summed E-state index contributed by atoms with van der Waals surface area (Å²) in [7, 11) is 3.05. The summed E-state index contributed by atoms with van der Waals surface area (Å²) in [5, 5.41) is 3.97. The van der Waals surface area contributed by atoms with Gasteiger partial charge in [0, 0.05) is 5.56 Å². The van der Waals surface area contributed by atoms with Gasteiger partial charge in [0.25, 0.3) is 5.91 Å². The lowest BCUT2D eigenvalue weighted by Gasteiger charge is -2.08. The first-order chi connectivity index (χ1) is 12.2. The molecule has 0 spiro atoms. The Kier molecular flexibility index (Phi) is 6.59. The number of methoxy groups -OCH3 is 2. The molecular weight excluding hydrogens is 320 g/mol. The molecule has 2 aromatic rings. The normalized spacial score (nSPS) is 10.3. The molecule has 0 saturated heterocycles. The minimum atomic E-state index is -0.351. The number of amides is 1. The van der Waals surface area contributed by atoms with Gasteiger partial charge in [0.05, 0.1) is 20.4 Å². The first-order valence-corrected chi connectivity index (χ1v) is 7.57. The highest BCUT2D eigenvalue weighted by molar-refractivity contribution is 5.95. The number of rotatable bonds is 8. The molecule has 1 amide bonds. The van der Waals surface area contributed by atoms with E-state index >= 15 is 0 Å².